The topological polar surface area (TPSA) is 79.9 Å². The van der Waals surface area contributed by atoms with E-state index in [0.717, 1.165) is 0 Å². The van der Waals surface area contributed by atoms with E-state index < -0.39 is 5.97 Å². The van der Waals surface area contributed by atoms with E-state index in [4.69, 9.17) is 14.3 Å². The summed E-state index contributed by atoms with van der Waals surface area (Å²) in [7, 11) is 0. The Morgan fingerprint density at radius 1 is 1.14 bits per heavy atom. The van der Waals surface area contributed by atoms with E-state index in [1.54, 1.807) is 36.4 Å². The van der Waals surface area contributed by atoms with Gasteiger partial charge >= 0.3 is 5.97 Å². The standard InChI is InChI=1S/C16H12O5/c17-11-4-2-5-12(8-11)20-9-13-7-10-3-1-6-14(16(18)19)15(10)21-13/h1-8,17H,9H2,(H,18,19). The molecule has 0 aliphatic heterocycles. The number of fused-ring (bicyclic) bond motifs is 1. The van der Waals surface area contributed by atoms with Crippen molar-refractivity contribution in [1.82, 2.24) is 0 Å². The number of aromatic carboxylic acids is 1. The van der Waals surface area contributed by atoms with Gasteiger partial charge in [-0.1, -0.05) is 18.2 Å². The summed E-state index contributed by atoms with van der Waals surface area (Å²) in [4.78, 5) is 11.1. The summed E-state index contributed by atoms with van der Waals surface area (Å²) in [6, 6.07) is 13.1. The summed E-state index contributed by atoms with van der Waals surface area (Å²) >= 11 is 0. The molecule has 3 rings (SSSR count). The normalized spacial score (nSPS) is 10.7. The Kier molecular flexibility index (Phi) is 3.23. The summed E-state index contributed by atoms with van der Waals surface area (Å²) in [5, 5.41) is 19.2. The maximum absolute atomic E-state index is 11.1. The Morgan fingerprint density at radius 2 is 1.95 bits per heavy atom. The lowest BCUT2D eigenvalue weighted by Crippen LogP contribution is -1.95. The molecule has 5 heteroatoms. The zero-order valence-corrected chi connectivity index (χ0v) is 10.9. The van der Waals surface area contributed by atoms with Crippen LogP contribution in [0.4, 0.5) is 0 Å². The molecule has 2 N–H and O–H groups in total. The number of aromatic hydroxyl groups is 1. The number of furan rings is 1. The first-order valence-electron chi connectivity index (χ1n) is 6.30. The van der Waals surface area contributed by atoms with Gasteiger partial charge in [-0.05, 0) is 24.3 Å². The number of phenols is 1. The largest absolute Gasteiger partial charge is 0.508 e. The summed E-state index contributed by atoms with van der Waals surface area (Å²) in [5.41, 5.74) is 0.454. The zero-order chi connectivity index (χ0) is 14.8. The number of phenolic OH excluding ortho intramolecular Hbond substituents is 1. The van der Waals surface area contributed by atoms with Crippen LogP contribution >= 0.6 is 0 Å². The molecule has 2 aromatic carbocycles. The van der Waals surface area contributed by atoms with Crippen LogP contribution in [0.25, 0.3) is 11.0 Å². The van der Waals surface area contributed by atoms with Crippen molar-refractivity contribution in [1.29, 1.82) is 0 Å². The van der Waals surface area contributed by atoms with Gasteiger partial charge in [-0.2, -0.15) is 0 Å². The lowest BCUT2D eigenvalue weighted by atomic mass is 10.1. The highest BCUT2D eigenvalue weighted by Crippen LogP contribution is 2.25. The number of carboxylic acid groups (broad SMARTS) is 1. The molecule has 1 aromatic heterocycles. The number of rotatable bonds is 4. The first-order valence-corrected chi connectivity index (χ1v) is 6.30. The van der Waals surface area contributed by atoms with Crippen LogP contribution in [0.15, 0.2) is 52.9 Å². The van der Waals surface area contributed by atoms with Crippen molar-refractivity contribution in [2.45, 2.75) is 6.61 Å². The molecule has 0 aliphatic rings. The molecular weight excluding hydrogens is 272 g/mol. The maximum Gasteiger partial charge on any atom is 0.339 e. The molecule has 0 fully saturated rings. The minimum atomic E-state index is -1.03. The summed E-state index contributed by atoms with van der Waals surface area (Å²) in [6.45, 7) is 0.150. The fourth-order valence-electron chi connectivity index (χ4n) is 2.08. The molecule has 0 atom stereocenters. The number of ether oxygens (including phenoxy) is 1. The number of para-hydroxylation sites is 1. The van der Waals surface area contributed by atoms with E-state index in [9.17, 15) is 9.90 Å². The van der Waals surface area contributed by atoms with Gasteiger partial charge in [-0.15, -0.1) is 0 Å². The molecule has 0 saturated carbocycles. The molecule has 0 unspecified atom stereocenters. The van der Waals surface area contributed by atoms with E-state index in [1.165, 1.54) is 12.1 Å². The molecule has 106 valence electrons. The predicted molar refractivity (Wildman–Crippen MR) is 75.6 cm³/mol. The third-order valence-electron chi connectivity index (χ3n) is 3.02. The van der Waals surface area contributed by atoms with Crippen molar-refractivity contribution in [3.63, 3.8) is 0 Å². The highest BCUT2D eigenvalue weighted by Gasteiger charge is 2.13. The molecule has 0 spiro atoms. The smallest absolute Gasteiger partial charge is 0.339 e. The Hall–Kier alpha value is -2.95. The number of hydrogen-bond acceptors (Lipinski definition) is 4. The molecule has 0 amide bonds. The van der Waals surface area contributed by atoms with Crippen molar-refractivity contribution in [3.05, 3.63) is 59.9 Å². The summed E-state index contributed by atoms with van der Waals surface area (Å²) < 4.78 is 11.0. The van der Waals surface area contributed by atoms with Crippen LogP contribution in [0.5, 0.6) is 11.5 Å². The van der Waals surface area contributed by atoms with Crippen LogP contribution < -0.4 is 4.74 Å². The molecular formula is C16H12O5. The molecule has 0 aliphatic carbocycles. The Labute approximate surface area is 120 Å². The van der Waals surface area contributed by atoms with Crippen LogP contribution in [0.3, 0.4) is 0 Å². The monoisotopic (exact) mass is 284 g/mol. The zero-order valence-electron chi connectivity index (χ0n) is 10.9. The van der Waals surface area contributed by atoms with Crippen molar-refractivity contribution in [2.75, 3.05) is 0 Å². The first-order chi connectivity index (χ1) is 10.1. The van der Waals surface area contributed by atoms with Gasteiger partial charge in [0, 0.05) is 11.5 Å². The van der Waals surface area contributed by atoms with E-state index in [1.807, 2.05) is 0 Å². The number of carboxylic acids is 1. The fraction of sp³-hybridized carbons (Fsp3) is 0.0625. The van der Waals surface area contributed by atoms with E-state index in [2.05, 4.69) is 0 Å². The molecule has 3 aromatic rings. The molecule has 0 saturated heterocycles. The van der Waals surface area contributed by atoms with Gasteiger partial charge in [-0.25, -0.2) is 4.79 Å². The molecule has 1 heterocycles. The minimum Gasteiger partial charge on any atom is -0.508 e. The number of hydrogen-bond donors (Lipinski definition) is 2. The van der Waals surface area contributed by atoms with Crippen LogP contribution in [0.2, 0.25) is 0 Å². The lowest BCUT2D eigenvalue weighted by Gasteiger charge is -2.03. The van der Waals surface area contributed by atoms with Gasteiger partial charge in [0.2, 0.25) is 0 Å². The van der Waals surface area contributed by atoms with Crippen LogP contribution in [0, 0.1) is 0 Å². The average Bonchev–Trinajstić information content (AvgIpc) is 2.87. The second kappa shape index (κ2) is 5.20. The van der Waals surface area contributed by atoms with E-state index in [-0.39, 0.29) is 17.9 Å². The second-order valence-corrected chi connectivity index (χ2v) is 4.53. The summed E-state index contributed by atoms with van der Waals surface area (Å²) in [6.07, 6.45) is 0. The lowest BCUT2D eigenvalue weighted by molar-refractivity contribution is 0.0697. The third kappa shape index (κ3) is 2.67. The predicted octanol–water partition coefficient (Wildman–Crippen LogP) is 3.42. The van der Waals surface area contributed by atoms with Gasteiger partial charge in [0.15, 0.2) is 0 Å². The van der Waals surface area contributed by atoms with Gasteiger partial charge in [0.1, 0.15) is 35.0 Å². The van der Waals surface area contributed by atoms with E-state index >= 15 is 0 Å². The van der Waals surface area contributed by atoms with Gasteiger partial charge in [0.05, 0.1) is 0 Å². The molecule has 0 radical (unpaired) electrons. The molecule has 5 nitrogen and oxygen atoms in total. The first kappa shape index (κ1) is 13.1. The highest BCUT2D eigenvalue weighted by molar-refractivity contribution is 6.01. The quantitative estimate of drug-likeness (QED) is 0.767. The molecule has 0 bridgehead atoms. The van der Waals surface area contributed by atoms with Gasteiger partial charge < -0.3 is 19.4 Å². The van der Waals surface area contributed by atoms with Crippen molar-refractivity contribution in [3.8, 4) is 11.5 Å². The Bertz CT molecular complexity index is 803. The fourth-order valence-corrected chi connectivity index (χ4v) is 2.08. The Balaban J connectivity index is 1.85. The van der Waals surface area contributed by atoms with Gasteiger partial charge in [0.25, 0.3) is 0 Å². The van der Waals surface area contributed by atoms with Crippen molar-refractivity contribution >= 4 is 16.9 Å². The molecule has 21 heavy (non-hydrogen) atoms. The number of carbonyl (C=O) groups is 1. The minimum absolute atomic E-state index is 0.116. The van der Waals surface area contributed by atoms with E-state index in [0.29, 0.717) is 22.5 Å². The number of benzene rings is 2. The average molecular weight is 284 g/mol. The van der Waals surface area contributed by atoms with Gasteiger partial charge in [-0.3, -0.25) is 0 Å². The van der Waals surface area contributed by atoms with Crippen LogP contribution in [-0.4, -0.2) is 16.2 Å². The second-order valence-electron chi connectivity index (χ2n) is 4.53. The third-order valence-corrected chi connectivity index (χ3v) is 3.02. The van der Waals surface area contributed by atoms with Crippen molar-refractivity contribution < 1.29 is 24.2 Å². The van der Waals surface area contributed by atoms with Crippen molar-refractivity contribution in [2.24, 2.45) is 0 Å². The summed E-state index contributed by atoms with van der Waals surface area (Å²) in [5.74, 6) is 0.108. The Morgan fingerprint density at radius 3 is 2.71 bits per heavy atom. The van der Waals surface area contributed by atoms with Crippen LogP contribution in [-0.2, 0) is 6.61 Å². The van der Waals surface area contributed by atoms with Crippen LogP contribution in [0.1, 0.15) is 16.1 Å². The highest BCUT2D eigenvalue weighted by atomic mass is 16.5. The maximum atomic E-state index is 11.1. The SMILES string of the molecule is O=C(O)c1cccc2cc(COc3cccc(O)c3)oc12.